The topological polar surface area (TPSA) is 26.0 Å². The summed E-state index contributed by atoms with van der Waals surface area (Å²) in [6.45, 7) is 5.16. The van der Waals surface area contributed by atoms with Gasteiger partial charge in [-0.3, -0.25) is 0 Å². The Balaban J connectivity index is 2.84. The average Bonchev–Trinajstić information content (AvgIpc) is 2.20. The Morgan fingerprint density at radius 3 is 2.77 bits per heavy atom. The van der Waals surface area contributed by atoms with Crippen molar-refractivity contribution in [3.05, 3.63) is 35.5 Å². The maximum absolute atomic E-state index is 5.76. The van der Waals surface area contributed by atoms with Crippen molar-refractivity contribution in [1.29, 1.82) is 0 Å². The smallest absolute Gasteiger partial charge is 0.0145 e. The SMILES string of the molecule is CC[C@@H](C)/C(CN)=C1\C=CC=CC1. The first-order valence-electron chi connectivity index (χ1n) is 5.04. The van der Waals surface area contributed by atoms with Crippen LogP contribution in [0.4, 0.5) is 0 Å². The van der Waals surface area contributed by atoms with E-state index in [4.69, 9.17) is 5.73 Å². The molecule has 0 saturated heterocycles. The van der Waals surface area contributed by atoms with E-state index in [-0.39, 0.29) is 0 Å². The van der Waals surface area contributed by atoms with Crippen LogP contribution in [0.25, 0.3) is 0 Å². The van der Waals surface area contributed by atoms with Crippen LogP contribution >= 0.6 is 0 Å². The zero-order valence-corrected chi connectivity index (χ0v) is 8.59. The molecule has 0 spiro atoms. The fourth-order valence-electron chi connectivity index (χ4n) is 1.65. The summed E-state index contributed by atoms with van der Waals surface area (Å²) in [5.41, 5.74) is 8.60. The molecule has 72 valence electrons. The van der Waals surface area contributed by atoms with Crippen molar-refractivity contribution in [3.63, 3.8) is 0 Å². The summed E-state index contributed by atoms with van der Waals surface area (Å²) in [7, 11) is 0. The molecule has 0 bridgehead atoms. The second-order valence-electron chi connectivity index (χ2n) is 3.56. The number of hydrogen-bond acceptors (Lipinski definition) is 1. The fraction of sp³-hybridized carbons (Fsp3) is 0.500. The van der Waals surface area contributed by atoms with E-state index in [1.54, 1.807) is 0 Å². The fourth-order valence-corrected chi connectivity index (χ4v) is 1.65. The Bertz CT molecular complexity index is 246. The van der Waals surface area contributed by atoms with Crippen LogP contribution in [0, 0.1) is 5.92 Å². The number of allylic oxidation sites excluding steroid dienone is 5. The monoisotopic (exact) mass is 177 g/mol. The molecule has 0 aromatic carbocycles. The van der Waals surface area contributed by atoms with Crippen LogP contribution in [0.3, 0.4) is 0 Å². The molecule has 0 unspecified atom stereocenters. The highest BCUT2D eigenvalue weighted by molar-refractivity contribution is 5.35. The van der Waals surface area contributed by atoms with Crippen LogP contribution in [0.1, 0.15) is 26.7 Å². The molecule has 0 aromatic rings. The third kappa shape index (κ3) is 2.56. The van der Waals surface area contributed by atoms with Gasteiger partial charge in [0.25, 0.3) is 0 Å². The molecule has 0 heterocycles. The summed E-state index contributed by atoms with van der Waals surface area (Å²) in [4.78, 5) is 0. The van der Waals surface area contributed by atoms with Crippen molar-refractivity contribution in [3.8, 4) is 0 Å². The zero-order valence-electron chi connectivity index (χ0n) is 8.59. The maximum Gasteiger partial charge on any atom is 0.0145 e. The first-order chi connectivity index (χ1) is 6.29. The molecule has 0 saturated carbocycles. The van der Waals surface area contributed by atoms with E-state index < -0.39 is 0 Å². The summed E-state index contributed by atoms with van der Waals surface area (Å²) in [6, 6.07) is 0. The molecule has 0 aliphatic heterocycles. The van der Waals surface area contributed by atoms with Crippen LogP contribution in [-0.4, -0.2) is 6.54 Å². The molecule has 2 N–H and O–H groups in total. The van der Waals surface area contributed by atoms with Crippen molar-refractivity contribution in [1.82, 2.24) is 0 Å². The lowest BCUT2D eigenvalue weighted by Gasteiger charge is -2.17. The van der Waals surface area contributed by atoms with Crippen molar-refractivity contribution >= 4 is 0 Å². The number of rotatable bonds is 3. The van der Waals surface area contributed by atoms with Gasteiger partial charge >= 0.3 is 0 Å². The Morgan fingerprint density at radius 1 is 1.54 bits per heavy atom. The first-order valence-corrected chi connectivity index (χ1v) is 5.04. The minimum Gasteiger partial charge on any atom is -0.327 e. The van der Waals surface area contributed by atoms with Gasteiger partial charge < -0.3 is 5.73 Å². The predicted molar refractivity (Wildman–Crippen MR) is 58.4 cm³/mol. The standard InChI is InChI=1S/C12H19N/c1-3-10(2)12(9-13)11-7-5-4-6-8-11/h4-7,10H,3,8-9,13H2,1-2H3/b12-11+/t10-/m1/s1. The molecule has 1 heteroatoms. The van der Waals surface area contributed by atoms with Gasteiger partial charge in [-0.15, -0.1) is 0 Å². The molecule has 13 heavy (non-hydrogen) atoms. The molecule has 1 aliphatic rings. The van der Waals surface area contributed by atoms with E-state index in [0.717, 1.165) is 6.42 Å². The van der Waals surface area contributed by atoms with E-state index in [1.165, 1.54) is 17.6 Å². The Hall–Kier alpha value is -0.820. The lowest BCUT2D eigenvalue weighted by Crippen LogP contribution is -2.13. The van der Waals surface area contributed by atoms with Gasteiger partial charge in [0.05, 0.1) is 0 Å². The average molecular weight is 177 g/mol. The lowest BCUT2D eigenvalue weighted by atomic mass is 9.90. The molecule has 1 atom stereocenters. The van der Waals surface area contributed by atoms with Gasteiger partial charge in [-0.1, -0.05) is 43.7 Å². The van der Waals surface area contributed by atoms with Crippen molar-refractivity contribution in [2.75, 3.05) is 6.54 Å². The quantitative estimate of drug-likeness (QED) is 0.704. The predicted octanol–water partition coefficient (Wildman–Crippen LogP) is 2.80. The summed E-state index contributed by atoms with van der Waals surface area (Å²) >= 11 is 0. The van der Waals surface area contributed by atoms with Crippen molar-refractivity contribution in [2.24, 2.45) is 11.7 Å². The van der Waals surface area contributed by atoms with E-state index in [9.17, 15) is 0 Å². The molecule has 0 amide bonds. The zero-order chi connectivity index (χ0) is 9.68. The third-order valence-corrected chi connectivity index (χ3v) is 2.72. The van der Waals surface area contributed by atoms with Gasteiger partial charge in [-0.2, -0.15) is 0 Å². The number of hydrogen-bond donors (Lipinski definition) is 1. The molecular formula is C12H19N. The van der Waals surface area contributed by atoms with Crippen molar-refractivity contribution < 1.29 is 0 Å². The Labute approximate surface area is 81.0 Å². The minimum absolute atomic E-state index is 0.621. The minimum atomic E-state index is 0.621. The Morgan fingerprint density at radius 2 is 2.31 bits per heavy atom. The molecule has 0 radical (unpaired) electrons. The summed E-state index contributed by atoms with van der Waals surface area (Å²) in [6.07, 6.45) is 10.8. The van der Waals surface area contributed by atoms with Crippen molar-refractivity contribution in [2.45, 2.75) is 26.7 Å². The second kappa shape index (κ2) is 5.03. The first kappa shape index (κ1) is 10.3. The van der Waals surface area contributed by atoms with Gasteiger partial charge in [0.15, 0.2) is 0 Å². The molecule has 1 rings (SSSR count). The summed E-state index contributed by atoms with van der Waals surface area (Å²) < 4.78 is 0. The van der Waals surface area contributed by atoms with Gasteiger partial charge in [0, 0.05) is 6.54 Å². The van der Waals surface area contributed by atoms with E-state index in [2.05, 4.69) is 38.2 Å². The summed E-state index contributed by atoms with van der Waals surface area (Å²) in [5.74, 6) is 0.621. The van der Waals surface area contributed by atoms with Gasteiger partial charge in [0.2, 0.25) is 0 Å². The van der Waals surface area contributed by atoms with Crippen LogP contribution < -0.4 is 5.73 Å². The van der Waals surface area contributed by atoms with Crippen LogP contribution in [0.5, 0.6) is 0 Å². The van der Waals surface area contributed by atoms with E-state index in [0.29, 0.717) is 12.5 Å². The molecular weight excluding hydrogens is 158 g/mol. The molecule has 0 aromatic heterocycles. The maximum atomic E-state index is 5.76. The lowest BCUT2D eigenvalue weighted by molar-refractivity contribution is 0.635. The Kier molecular flexibility index (Phi) is 3.97. The third-order valence-electron chi connectivity index (χ3n) is 2.72. The summed E-state index contributed by atoms with van der Waals surface area (Å²) in [5, 5.41) is 0. The van der Waals surface area contributed by atoms with Crippen LogP contribution in [-0.2, 0) is 0 Å². The van der Waals surface area contributed by atoms with Gasteiger partial charge in [0.1, 0.15) is 0 Å². The highest BCUT2D eigenvalue weighted by Gasteiger charge is 2.09. The van der Waals surface area contributed by atoms with Crippen LogP contribution in [0.15, 0.2) is 35.5 Å². The van der Waals surface area contributed by atoms with E-state index in [1.807, 2.05) is 0 Å². The van der Waals surface area contributed by atoms with Gasteiger partial charge in [-0.05, 0) is 24.3 Å². The molecule has 1 aliphatic carbocycles. The molecule has 0 fully saturated rings. The normalized spacial score (nSPS) is 21.8. The highest BCUT2D eigenvalue weighted by Crippen LogP contribution is 2.22. The number of nitrogens with two attached hydrogens (primary N) is 1. The molecule has 1 nitrogen and oxygen atoms in total. The second-order valence-corrected chi connectivity index (χ2v) is 3.56. The van der Waals surface area contributed by atoms with Crippen LogP contribution in [0.2, 0.25) is 0 Å². The highest BCUT2D eigenvalue weighted by atomic mass is 14.5. The largest absolute Gasteiger partial charge is 0.327 e. The van der Waals surface area contributed by atoms with E-state index >= 15 is 0 Å². The van der Waals surface area contributed by atoms with Gasteiger partial charge in [-0.25, -0.2) is 0 Å².